The predicted molar refractivity (Wildman–Crippen MR) is 108 cm³/mol. The number of nitrogen functional groups attached to an aromatic ring is 1. The number of amides is 1. The van der Waals surface area contributed by atoms with E-state index in [2.05, 4.69) is 9.97 Å². The van der Waals surface area contributed by atoms with Gasteiger partial charge in [0.05, 0.1) is 26.5 Å². The average molecular weight is 435 g/mol. The summed E-state index contributed by atoms with van der Waals surface area (Å²) in [6.45, 7) is 4.97. The van der Waals surface area contributed by atoms with Gasteiger partial charge in [-0.2, -0.15) is 13.2 Å². The number of alkyl halides is 3. The van der Waals surface area contributed by atoms with Gasteiger partial charge in [0, 0.05) is 10.9 Å². The number of aryl methyl sites for hydroxylation is 2. The number of nitrogens with zero attached hydrogens (tertiary/aromatic N) is 3. The monoisotopic (exact) mass is 435 g/mol. The van der Waals surface area contributed by atoms with Crippen molar-refractivity contribution in [1.82, 2.24) is 14.5 Å². The molecule has 156 valence electrons. The van der Waals surface area contributed by atoms with Crippen LogP contribution in [0.25, 0.3) is 26.9 Å². The number of rotatable bonds is 2. The summed E-state index contributed by atoms with van der Waals surface area (Å²) in [6, 6.07) is 3.08. The first-order valence-corrected chi connectivity index (χ1v) is 9.52. The Morgan fingerprint density at radius 3 is 2.47 bits per heavy atom. The number of pyridine rings is 1. The number of aromatic hydroxyl groups is 1. The number of benzene rings is 1. The van der Waals surface area contributed by atoms with Crippen LogP contribution in [0.5, 0.6) is 5.75 Å². The van der Waals surface area contributed by atoms with Gasteiger partial charge in [-0.3, -0.25) is 9.36 Å². The topological polar surface area (TPSA) is 120 Å². The third kappa shape index (κ3) is 2.69. The molecule has 1 amide bonds. The van der Waals surface area contributed by atoms with Crippen molar-refractivity contribution >= 4 is 44.3 Å². The number of aromatic nitrogens is 3. The number of carbonyl (C=O) groups excluding carboxylic acids is 1. The average Bonchev–Trinajstić information content (AvgIpc) is 3.14. The molecule has 30 heavy (non-hydrogen) atoms. The summed E-state index contributed by atoms with van der Waals surface area (Å²) < 4.78 is 43.5. The molecule has 0 unspecified atom stereocenters. The Labute approximate surface area is 171 Å². The molecule has 0 atom stereocenters. The highest BCUT2D eigenvalue weighted by atomic mass is 32.1. The maximum absolute atomic E-state index is 13.9. The van der Waals surface area contributed by atoms with Crippen LogP contribution in [-0.4, -0.2) is 25.5 Å². The van der Waals surface area contributed by atoms with Crippen molar-refractivity contribution in [2.45, 2.75) is 26.9 Å². The van der Waals surface area contributed by atoms with Gasteiger partial charge < -0.3 is 16.6 Å². The predicted octanol–water partition coefficient (Wildman–Crippen LogP) is 3.97. The molecule has 7 nitrogen and oxygen atoms in total. The number of thiazole rings is 1. The zero-order valence-electron chi connectivity index (χ0n) is 16.0. The minimum Gasteiger partial charge on any atom is -0.508 e. The first-order chi connectivity index (χ1) is 13.9. The fraction of sp³-hybridized carbons (Fsp3) is 0.211. The van der Waals surface area contributed by atoms with Crippen LogP contribution in [0.15, 0.2) is 12.1 Å². The van der Waals surface area contributed by atoms with Crippen LogP contribution >= 0.6 is 11.3 Å². The lowest BCUT2D eigenvalue weighted by atomic mass is 10.1. The summed E-state index contributed by atoms with van der Waals surface area (Å²) in [7, 11) is 0. The molecule has 0 aliphatic rings. The van der Waals surface area contributed by atoms with Crippen molar-refractivity contribution < 1.29 is 23.1 Å². The lowest BCUT2D eigenvalue weighted by Crippen LogP contribution is -2.16. The van der Waals surface area contributed by atoms with Crippen LogP contribution in [0.4, 0.5) is 19.0 Å². The van der Waals surface area contributed by atoms with Crippen LogP contribution in [0.3, 0.4) is 0 Å². The molecule has 0 saturated carbocycles. The molecular weight excluding hydrogens is 419 g/mol. The van der Waals surface area contributed by atoms with E-state index in [9.17, 15) is 23.1 Å². The van der Waals surface area contributed by atoms with E-state index >= 15 is 0 Å². The number of fused-ring (bicyclic) bond motifs is 3. The molecule has 0 aliphatic carbocycles. The van der Waals surface area contributed by atoms with E-state index in [4.69, 9.17) is 11.5 Å². The first-order valence-electron chi connectivity index (χ1n) is 8.71. The molecule has 0 bridgehead atoms. The quantitative estimate of drug-likeness (QED) is 0.440. The van der Waals surface area contributed by atoms with E-state index in [1.807, 2.05) is 0 Å². The van der Waals surface area contributed by atoms with Crippen molar-refractivity contribution in [3.05, 3.63) is 39.5 Å². The number of phenolic OH excluding ortho intramolecular Hbond substituents is 1. The van der Waals surface area contributed by atoms with Gasteiger partial charge >= 0.3 is 6.18 Å². The smallest absolute Gasteiger partial charge is 0.434 e. The SMILES string of the molecule is Cc1nc2nc(C(F)(F)F)c3c(C(N)=O)c(N)n(-c4c(C)ccc(O)c4C)c3c2s1. The molecule has 0 radical (unpaired) electrons. The molecule has 11 heteroatoms. The molecule has 4 rings (SSSR count). The van der Waals surface area contributed by atoms with Crippen LogP contribution in [-0.2, 0) is 6.18 Å². The molecule has 0 saturated heterocycles. The molecule has 0 aliphatic heterocycles. The summed E-state index contributed by atoms with van der Waals surface area (Å²) in [5.41, 5.74) is 11.2. The third-order valence-corrected chi connectivity index (χ3v) is 5.90. The van der Waals surface area contributed by atoms with Crippen molar-refractivity contribution in [1.29, 1.82) is 0 Å². The molecule has 4 aromatic rings. The number of phenols is 1. The summed E-state index contributed by atoms with van der Waals surface area (Å²) in [5, 5.41) is 10.2. The van der Waals surface area contributed by atoms with Gasteiger partial charge in [0.15, 0.2) is 11.3 Å². The summed E-state index contributed by atoms with van der Waals surface area (Å²) in [6.07, 6.45) is -4.88. The Morgan fingerprint density at radius 2 is 1.87 bits per heavy atom. The number of carbonyl (C=O) groups is 1. The van der Waals surface area contributed by atoms with Crippen LogP contribution in [0, 0.1) is 20.8 Å². The molecular formula is C19H16F3N5O2S. The molecule has 0 spiro atoms. The Kier molecular flexibility index (Phi) is 4.21. The minimum absolute atomic E-state index is 0.0287. The second-order valence-corrected chi connectivity index (χ2v) is 8.11. The number of hydrogen-bond donors (Lipinski definition) is 3. The van der Waals surface area contributed by atoms with E-state index in [1.165, 1.54) is 10.6 Å². The summed E-state index contributed by atoms with van der Waals surface area (Å²) in [4.78, 5) is 20.0. The number of hydrogen-bond acceptors (Lipinski definition) is 6. The van der Waals surface area contributed by atoms with E-state index in [0.717, 1.165) is 11.3 Å². The maximum Gasteiger partial charge on any atom is 0.434 e. The van der Waals surface area contributed by atoms with Gasteiger partial charge in [0.25, 0.3) is 5.91 Å². The molecule has 5 N–H and O–H groups in total. The molecule has 3 heterocycles. The minimum atomic E-state index is -4.88. The summed E-state index contributed by atoms with van der Waals surface area (Å²) in [5.74, 6) is -1.45. The number of primary amides is 1. The second-order valence-electron chi connectivity index (χ2n) is 6.90. The van der Waals surface area contributed by atoms with E-state index in [0.29, 0.717) is 26.5 Å². The maximum atomic E-state index is 13.9. The third-order valence-electron chi connectivity index (χ3n) is 4.94. The van der Waals surface area contributed by atoms with Gasteiger partial charge in [-0.25, -0.2) is 9.97 Å². The van der Waals surface area contributed by atoms with Crippen LogP contribution < -0.4 is 11.5 Å². The normalized spacial score (nSPS) is 12.2. The van der Waals surface area contributed by atoms with Crippen molar-refractivity contribution in [3.8, 4) is 11.4 Å². The Balaban J connectivity index is 2.38. The Bertz CT molecular complexity index is 1370. The largest absolute Gasteiger partial charge is 0.508 e. The van der Waals surface area contributed by atoms with Crippen molar-refractivity contribution in [3.63, 3.8) is 0 Å². The fourth-order valence-electron chi connectivity index (χ4n) is 3.70. The van der Waals surface area contributed by atoms with Crippen LogP contribution in [0.2, 0.25) is 0 Å². The summed E-state index contributed by atoms with van der Waals surface area (Å²) >= 11 is 1.13. The van der Waals surface area contributed by atoms with Gasteiger partial charge in [-0.1, -0.05) is 6.07 Å². The highest BCUT2D eigenvalue weighted by Gasteiger charge is 2.40. The van der Waals surface area contributed by atoms with Gasteiger partial charge in [-0.05, 0) is 32.4 Å². The van der Waals surface area contributed by atoms with Gasteiger partial charge in [-0.15, -0.1) is 11.3 Å². The van der Waals surface area contributed by atoms with E-state index in [-0.39, 0.29) is 22.7 Å². The number of anilines is 1. The zero-order chi connectivity index (χ0) is 22.1. The molecule has 0 fully saturated rings. The van der Waals surface area contributed by atoms with Gasteiger partial charge in [0.2, 0.25) is 0 Å². The van der Waals surface area contributed by atoms with Crippen molar-refractivity contribution in [2.24, 2.45) is 5.73 Å². The Morgan fingerprint density at radius 1 is 1.20 bits per heavy atom. The number of nitrogens with two attached hydrogens (primary N) is 2. The lowest BCUT2D eigenvalue weighted by molar-refractivity contribution is -0.139. The Hall–Kier alpha value is -3.34. The first kappa shape index (κ1) is 20.0. The fourth-order valence-corrected chi connectivity index (χ4v) is 4.60. The van der Waals surface area contributed by atoms with E-state index in [1.54, 1.807) is 26.8 Å². The molecule has 1 aromatic carbocycles. The highest BCUT2D eigenvalue weighted by Crippen LogP contribution is 2.45. The lowest BCUT2D eigenvalue weighted by Gasteiger charge is -2.16. The van der Waals surface area contributed by atoms with Crippen LogP contribution in [0.1, 0.15) is 32.2 Å². The highest BCUT2D eigenvalue weighted by molar-refractivity contribution is 7.19. The van der Waals surface area contributed by atoms with Crippen molar-refractivity contribution in [2.75, 3.05) is 5.73 Å². The van der Waals surface area contributed by atoms with Gasteiger partial charge in [0.1, 0.15) is 11.6 Å². The second kappa shape index (κ2) is 6.33. The number of halogens is 3. The standard InChI is InChI=1S/C19H16F3N5O2S/c1-6-4-5-9(28)7(2)12(6)27-13-10(11(16(27)23)17(24)29)15(19(20,21)22)26-18-14(13)30-8(3)25-18/h4-5,28H,23H2,1-3H3,(H2,24,29). The zero-order valence-corrected chi connectivity index (χ0v) is 16.9. The van der Waals surface area contributed by atoms with E-state index < -0.39 is 28.7 Å². The molecule has 3 aromatic heterocycles.